The van der Waals surface area contributed by atoms with Gasteiger partial charge in [0.2, 0.25) is 0 Å². The molecule has 0 bridgehead atoms. The molecule has 1 aromatic heterocycles. The average Bonchev–Trinajstić information content (AvgIpc) is 1.94. The van der Waals surface area contributed by atoms with Crippen LogP contribution in [0.5, 0.6) is 0 Å². The van der Waals surface area contributed by atoms with Gasteiger partial charge >= 0.3 is 0 Å². The summed E-state index contributed by atoms with van der Waals surface area (Å²) in [6, 6.07) is 0. The Bertz CT molecular complexity index is 260. The van der Waals surface area contributed by atoms with Crippen molar-refractivity contribution in [2.75, 3.05) is 0 Å². The van der Waals surface area contributed by atoms with Gasteiger partial charge in [0, 0.05) is 12.4 Å². The molecule has 0 saturated heterocycles. The lowest BCUT2D eigenvalue weighted by atomic mass is 10.2. The van der Waals surface area contributed by atoms with Gasteiger partial charge in [0.25, 0.3) is 0 Å². The third-order valence-electron chi connectivity index (χ3n) is 1.25. The molecule has 1 rings (SSSR count). The molecule has 0 N–H and O–H groups in total. The predicted molar refractivity (Wildman–Crippen MR) is 39.3 cm³/mol. The summed E-state index contributed by atoms with van der Waals surface area (Å²) in [6.07, 6.45) is 9.00. The van der Waals surface area contributed by atoms with E-state index in [4.69, 9.17) is 6.42 Å². The zero-order valence-corrected chi connectivity index (χ0v) is 5.83. The maximum Gasteiger partial charge on any atom is 0.0734 e. The van der Waals surface area contributed by atoms with Crippen LogP contribution in [0.25, 0.3) is 0 Å². The van der Waals surface area contributed by atoms with Gasteiger partial charge in [0.1, 0.15) is 0 Å². The first-order chi connectivity index (χ1) is 4.84. The van der Waals surface area contributed by atoms with Gasteiger partial charge in [0.05, 0.1) is 17.8 Å². The van der Waals surface area contributed by atoms with Crippen molar-refractivity contribution >= 4 is 0 Å². The molecule has 0 saturated carbocycles. The molecular weight excluding hydrogens is 124 g/mol. The Morgan fingerprint density at radius 1 is 1.50 bits per heavy atom. The molecule has 1 aromatic rings. The molecule has 0 aromatic carbocycles. The van der Waals surface area contributed by atoms with Crippen LogP contribution in [-0.4, -0.2) is 9.97 Å². The molecule has 0 unspecified atom stereocenters. The lowest BCUT2D eigenvalue weighted by molar-refractivity contribution is 1.01. The zero-order chi connectivity index (χ0) is 7.40. The number of hydrogen-bond donors (Lipinski definition) is 0. The Balaban J connectivity index is 2.94. The molecule has 0 aliphatic carbocycles. The van der Waals surface area contributed by atoms with Gasteiger partial charge < -0.3 is 0 Å². The number of hydrogen-bond acceptors (Lipinski definition) is 2. The monoisotopic (exact) mass is 132 g/mol. The highest BCUT2D eigenvalue weighted by Gasteiger charge is 1.94. The summed E-state index contributed by atoms with van der Waals surface area (Å²) < 4.78 is 0. The Hall–Kier alpha value is -1.36. The molecule has 0 aliphatic heterocycles. The third-order valence-corrected chi connectivity index (χ3v) is 1.25. The van der Waals surface area contributed by atoms with Crippen molar-refractivity contribution < 1.29 is 0 Å². The van der Waals surface area contributed by atoms with Crippen LogP contribution in [0, 0.1) is 19.3 Å². The molecule has 0 spiro atoms. The summed E-state index contributed by atoms with van der Waals surface area (Å²) in [5, 5.41) is 0. The molecule has 2 nitrogen and oxygen atoms in total. The smallest absolute Gasteiger partial charge is 0.0734 e. The number of aromatic nitrogens is 2. The highest BCUT2D eigenvalue weighted by atomic mass is 14.8. The summed E-state index contributed by atoms with van der Waals surface area (Å²) in [7, 11) is 0. The summed E-state index contributed by atoms with van der Waals surface area (Å²) in [4.78, 5) is 8.10. The van der Waals surface area contributed by atoms with E-state index in [0.717, 1.165) is 11.4 Å². The fraction of sp³-hybridized carbons (Fsp3) is 0.250. The first-order valence-electron chi connectivity index (χ1n) is 3.04. The molecule has 0 aliphatic rings. The van der Waals surface area contributed by atoms with Gasteiger partial charge in [-0.1, -0.05) is 0 Å². The molecule has 0 radical (unpaired) electrons. The highest BCUT2D eigenvalue weighted by molar-refractivity contribution is 5.13. The second-order valence-electron chi connectivity index (χ2n) is 1.97. The van der Waals surface area contributed by atoms with Crippen LogP contribution in [0.3, 0.4) is 0 Å². The standard InChI is InChI=1S/C8H8N2/c1-3-4-8-7(2)9-5-6-10-8/h1,5-6H,4H2,2H3. The normalized spacial score (nSPS) is 8.80. The first kappa shape index (κ1) is 6.76. The molecule has 10 heavy (non-hydrogen) atoms. The van der Waals surface area contributed by atoms with Crippen LogP contribution < -0.4 is 0 Å². The van der Waals surface area contributed by atoms with Crippen molar-refractivity contribution in [1.29, 1.82) is 0 Å². The zero-order valence-electron chi connectivity index (χ0n) is 5.83. The Labute approximate surface area is 60.3 Å². The van der Waals surface area contributed by atoms with E-state index in [-0.39, 0.29) is 0 Å². The summed E-state index contributed by atoms with van der Waals surface area (Å²) in [5.74, 6) is 2.52. The van der Waals surface area contributed by atoms with Crippen LogP contribution in [0.1, 0.15) is 11.4 Å². The maximum atomic E-state index is 5.11. The van der Waals surface area contributed by atoms with Gasteiger partial charge in [-0.15, -0.1) is 12.3 Å². The van der Waals surface area contributed by atoms with E-state index in [1.54, 1.807) is 12.4 Å². The van der Waals surface area contributed by atoms with Gasteiger partial charge in [-0.05, 0) is 6.92 Å². The minimum absolute atomic E-state index is 0.569. The topological polar surface area (TPSA) is 25.8 Å². The molecular formula is C8H8N2. The van der Waals surface area contributed by atoms with Gasteiger partial charge in [-0.2, -0.15) is 0 Å². The van der Waals surface area contributed by atoms with E-state index in [1.165, 1.54) is 0 Å². The Kier molecular flexibility index (Phi) is 2.01. The van der Waals surface area contributed by atoms with Gasteiger partial charge in [0.15, 0.2) is 0 Å². The number of rotatable bonds is 1. The minimum Gasteiger partial charge on any atom is -0.258 e. The van der Waals surface area contributed by atoms with Crippen LogP contribution in [0.2, 0.25) is 0 Å². The van der Waals surface area contributed by atoms with Gasteiger partial charge in [-0.3, -0.25) is 9.97 Å². The molecule has 0 amide bonds. The lowest BCUT2D eigenvalue weighted by Crippen LogP contribution is -1.93. The van der Waals surface area contributed by atoms with Crippen molar-refractivity contribution in [2.45, 2.75) is 13.3 Å². The fourth-order valence-electron chi connectivity index (χ4n) is 0.707. The second-order valence-corrected chi connectivity index (χ2v) is 1.97. The fourth-order valence-corrected chi connectivity index (χ4v) is 0.707. The molecule has 1 heterocycles. The van der Waals surface area contributed by atoms with Crippen molar-refractivity contribution in [2.24, 2.45) is 0 Å². The molecule has 50 valence electrons. The SMILES string of the molecule is C#CCc1nccnc1C. The average molecular weight is 132 g/mol. The highest BCUT2D eigenvalue weighted by Crippen LogP contribution is 1.98. The van der Waals surface area contributed by atoms with Crippen molar-refractivity contribution in [1.82, 2.24) is 9.97 Å². The van der Waals surface area contributed by atoms with E-state index in [0.29, 0.717) is 6.42 Å². The number of aryl methyl sites for hydroxylation is 1. The van der Waals surface area contributed by atoms with Crippen LogP contribution in [-0.2, 0) is 6.42 Å². The van der Waals surface area contributed by atoms with Gasteiger partial charge in [-0.25, -0.2) is 0 Å². The quantitative estimate of drug-likeness (QED) is 0.532. The second kappa shape index (κ2) is 2.98. The first-order valence-corrected chi connectivity index (χ1v) is 3.04. The largest absolute Gasteiger partial charge is 0.258 e. The van der Waals surface area contributed by atoms with E-state index in [9.17, 15) is 0 Å². The van der Waals surface area contributed by atoms with E-state index >= 15 is 0 Å². The number of nitrogens with zero attached hydrogens (tertiary/aromatic N) is 2. The molecule has 2 heteroatoms. The minimum atomic E-state index is 0.569. The molecule has 0 fully saturated rings. The van der Waals surface area contributed by atoms with E-state index in [1.807, 2.05) is 6.92 Å². The Morgan fingerprint density at radius 3 is 2.80 bits per heavy atom. The third kappa shape index (κ3) is 1.32. The van der Waals surface area contributed by atoms with Crippen LogP contribution in [0.4, 0.5) is 0 Å². The van der Waals surface area contributed by atoms with E-state index in [2.05, 4.69) is 15.9 Å². The number of terminal acetylenes is 1. The predicted octanol–water partition coefficient (Wildman–Crippen LogP) is 0.961. The summed E-state index contributed by atoms with van der Waals surface area (Å²) in [6.45, 7) is 1.90. The lowest BCUT2D eigenvalue weighted by Gasteiger charge is -1.95. The van der Waals surface area contributed by atoms with Crippen molar-refractivity contribution in [3.8, 4) is 12.3 Å². The maximum absolute atomic E-state index is 5.11. The molecule has 0 atom stereocenters. The summed E-state index contributed by atoms with van der Waals surface area (Å²) in [5.41, 5.74) is 1.81. The van der Waals surface area contributed by atoms with E-state index < -0.39 is 0 Å². The van der Waals surface area contributed by atoms with Crippen molar-refractivity contribution in [3.05, 3.63) is 23.8 Å². The van der Waals surface area contributed by atoms with Crippen LogP contribution >= 0.6 is 0 Å². The summed E-state index contributed by atoms with van der Waals surface area (Å²) >= 11 is 0. The van der Waals surface area contributed by atoms with Crippen molar-refractivity contribution in [3.63, 3.8) is 0 Å². The Morgan fingerprint density at radius 2 is 2.20 bits per heavy atom. The van der Waals surface area contributed by atoms with Crippen LogP contribution in [0.15, 0.2) is 12.4 Å².